The van der Waals surface area contributed by atoms with E-state index in [2.05, 4.69) is 14.2 Å². The number of methoxy groups -OCH3 is 3. The summed E-state index contributed by atoms with van der Waals surface area (Å²) >= 11 is 0. The molecule has 0 aromatic heterocycles. The second-order valence-corrected chi connectivity index (χ2v) is 5.70. The molecule has 17 heteroatoms. The van der Waals surface area contributed by atoms with Gasteiger partial charge in [-0.15, -0.1) is 0 Å². The number of likely N-dealkylation sites (N-methyl/N-ethyl adjacent to an activating group) is 3. The quantitative estimate of drug-likeness (QED) is 0.119. The molecule has 3 amide bonds. The summed E-state index contributed by atoms with van der Waals surface area (Å²) in [5.74, 6) is -1.32. The molecule has 35 heavy (non-hydrogen) atoms. The number of ether oxygens (including phenoxy) is 3. The van der Waals surface area contributed by atoms with Crippen LogP contribution in [0.2, 0.25) is 0 Å². The van der Waals surface area contributed by atoms with Crippen LogP contribution in [0.1, 0.15) is 20.8 Å². The maximum absolute atomic E-state index is 10.7. The third kappa shape index (κ3) is 29.2. The van der Waals surface area contributed by atoms with E-state index in [1.54, 1.807) is 40.0 Å². The third-order valence-corrected chi connectivity index (χ3v) is 3.80. The van der Waals surface area contributed by atoms with Gasteiger partial charge in [0, 0.05) is 164 Å². The molecule has 1 unspecified atom stereocenters. The summed E-state index contributed by atoms with van der Waals surface area (Å²) < 4.78 is 13.1. The van der Waals surface area contributed by atoms with Crippen molar-refractivity contribution in [1.82, 2.24) is 14.7 Å². The summed E-state index contributed by atoms with van der Waals surface area (Å²) in [5, 5.41) is 0. The van der Waals surface area contributed by atoms with Crippen LogP contribution in [0, 0.1) is 0 Å². The van der Waals surface area contributed by atoms with Gasteiger partial charge in [-0.05, 0) is 41.9 Å². The number of nitrogens with zero attached hydrogens (tertiary/aromatic N) is 3. The van der Waals surface area contributed by atoms with Gasteiger partial charge >= 0.3 is 17.9 Å². The fraction of sp³-hybridized carbons (Fsp3) is 0.667. The van der Waals surface area contributed by atoms with E-state index in [4.69, 9.17) is 0 Å². The maximum Gasteiger partial charge on any atom is 0.325 e. The SMILES string of the molecule is COC(=O)C(C)N(C)[C-]=O.COC(=O)[C@@H](C)N(C)[C-]=O.COC(=O)[C@H](C)N(C)[C-]=O.[Y].[Y].[Y].[Y].[Y]. The number of carbonyl (C=O) groups is 3. The number of rotatable bonds is 9. The van der Waals surface area contributed by atoms with Crippen LogP contribution in [0.15, 0.2) is 0 Å². The predicted molar refractivity (Wildman–Crippen MR) is 105 cm³/mol. The molecule has 0 aliphatic heterocycles. The van der Waals surface area contributed by atoms with Crippen molar-refractivity contribution in [1.29, 1.82) is 0 Å². The normalized spacial score (nSPS) is 10.2. The molecule has 0 heterocycles. The number of esters is 3. The zero-order chi connectivity index (χ0) is 24.4. The Kier molecular flexibility index (Phi) is 59.5. The van der Waals surface area contributed by atoms with Gasteiger partial charge in [0.2, 0.25) is 0 Å². The number of carbonyl (C=O) groups excluding carboxylic acids is 6. The summed E-state index contributed by atoms with van der Waals surface area (Å²) in [6.07, 6.45) is 4.69. The molecule has 0 N–H and O–H groups in total. The van der Waals surface area contributed by atoms with Crippen LogP contribution >= 0.6 is 0 Å². The molecule has 0 aromatic rings. The Labute approximate surface area is 333 Å². The van der Waals surface area contributed by atoms with E-state index in [0.29, 0.717) is 0 Å². The van der Waals surface area contributed by atoms with E-state index in [1.165, 1.54) is 42.5 Å². The van der Waals surface area contributed by atoms with Gasteiger partial charge in [0.15, 0.2) is 0 Å². The van der Waals surface area contributed by atoms with Crippen LogP contribution in [-0.4, -0.2) is 112 Å². The van der Waals surface area contributed by atoms with E-state index in [-0.39, 0.29) is 164 Å². The third-order valence-electron chi connectivity index (χ3n) is 3.80. The van der Waals surface area contributed by atoms with Gasteiger partial charge in [0.1, 0.15) is 0 Å². The first kappa shape index (κ1) is 57.3. The first-order chi connectivity index (χ1) is 13.9. The molecule has 12 nitrogen and oxygen atoms in total. The molecule has 0 saturated heterocycles. The van der Waals surface area contributed by atoms with Gasteiger partial charge in [-0.1, -0.05) is 0 Å². The van der Waals surface area contributed by atoms with Gasteiger partial charge in [-0.2, -0.15) is 19.2 Å². The second-order valence-electron chi connectivity index (χ2n) is 5.70. The van der Waals surface area contributed by atoms with Crippen molar-refractivity contribution in [2.24, 2.45) is 0 Å². The van der Waals surface area contributed by atoms with Gasteiger partial charge in [0.25, 0.3) is 0 Å². The van der Waals surface area contributed by atoms with Crippen LogP contribution in [0.3, 0.4) is 0 Å². The van der Waals surface area contributed by atoms with Crippen molar-refractivity contribution in [3.05, 3.63) is 0 Å². The monoisotopic (exact) mass is 877 g/mol. The molecule has 0 fully saturated rings. The van der Waals surface area contributed by atoms with Crippen molar-refractivity contribution in [2.45, 2.75) is 38.9 Å². The number of amides is 3. The first-order valence-electron chi connectivity index (χ1n) is 8.45. The van der Waals surface area contributed by atoms with E-state index >= 15 is 0 Å². The second kappa shape index (κ2) is 36.3. The number of hydrogen-bond donors (Lipinski definition) is 0. The zero-order valence-electron chi connectivity index (χ0n) is 21.6. The van der Waals surface area contributed by atoms with Crippen LogP contribution < -0.4 is 0 Å². The van der Waals surface area contributed by atoms with E-state index in [9.17, 15) is 28.8 Å². The molecule has 0 rings (SSSR count). The Balaban J connectivity index is -0.0000000486. The molecule has 0 aliphatic rings. The standard InChI is InChI=1S/3C6H10NO3.5Y/c3*1-5(6(9)10-3)7(2)4-8;;;;;/h3*5H,1-3H3;;;;;/q3*-1;;;;;/t2*5-;;;;;;/m10....../s1. The van der Waals surface area contributed by atoms with Crippen LogP contribution in [0.4, 0.5) is 0 Å². The Bertz CT molecular complexity index is 502. The van der Waals surface area contributed by atoms with Crippen LogP contribution in [-0.2, 0) is 207 Å². The minimum absolute atomic E-state index is 0. The molecule has 3 atom stereocenters. The Morgan fingerprint density at radius 2 is 0.657 bits per heavy atom. The van der Waals surface area contributed by atoms with Crippen LogP contribution in [0.25, 0.3) is 0 Å². The van der Waals surface area contributed by atoms with Gasteiger partial charge in [-0.25, -0.2) is 14.4 Å². The van der Waals surface area contributed by atoms with Crippen molar-refractivity contribution < 1.29 is 207 Å². The van der Waals surface area contributed by atoms with Gasteiger partial charge in [-0.3, -0.25) is 0 Å². The fourth-order valence-electron chi connectivity index (χ4n) is 1.22. The topological polar surface area (TPSA) is 140 Å². The molecule has 0 saturated carbocycles. The Morgan fingerprint density at radius 1 is 0.514 bits per heavy atom. The zero-order valence-corrected chi connectivity index (χ0v) is 35.8. The van der Waals surface area contributed by atoms with Crippen molar-refractivity contribution in [2.75, 3.05) is 42.5 Å². The smallest absolute Gasteiger partial charge is 0.325 e. The predicted octanol–water partition coefficient (Wildman–Crippen LogP) is -1.37. The van der Waals surface area contributed by atoms with E-state index in [0.717, 1.165) is 14.7 Å². The summed E-state index contributed by atoms with van der Waals surface area (Å²) in [7, 11) is 8.23. The van der Waals surface area contributed by atoms with Crippen LogP contribution in [0.5, 0.6) is 0 Å². The minimum atomic E-state index is -0.553. The molecule has 0 spiro atoms. The first-order valence-corrected chi connectivity index (χ1v) is 8.45. The summed E-state index contributed by atoms with van der Waals surface area (Å²) in [6, 6.07) is -1.66. The molecule has 189 valence electrons. The molecular formula is C18H30N3O9Y5-3. The molecule has 0 bridgehead atoms. The van der Waals surface area contributed by atoms with Crippen molar-refractivity contribution in [3.63, 3.8) is 0 Å². The number of hydrogen-bond acceptors (Lipinski definition) is 9. The largest absolute Gasteiger partial charge is 0.520 e. The van der Waals surface area contributed by atoms with Crippen molar-refractivity contribution >= 4 is 37.1 Å². The van der Waals surface area contributed by atoms with Crippen molar-refractivity contribution in [3.8, 4) is 0 Å². The Morgan fingerprint density at radius 3 is 0.743 bits per heavy atom. The fourth-order valence-corrected chi connectivity index (χ4v) is 1.22. The van der Waals surface area contributed by atoms with Gasteiger partial charge in [0.05, 0.1) is 39.5 Å². The summed E-state index contributed by atoms with van der Waals surface area (Å²) in [5.41, 5.74) is 0. The minimum Gasteiger partial charge on any atom is -0.520 e. The average molecular weight is 877 g/mol. The maximum atomic E-state index is 10.7. The van der Waals surface area contributed by atoms with E-state index < -0.39 is 36.0 Å². The molecule has 0 aliphatic carbocycles. The molecular weight excluding hydrogens is 847 g/mol. The summed E-state index contributed by atoms with van der Waals surface area (Å²) in [6.45, 7) is 4.70. The van der Waals surface area contributed by atoms with E-state index in [1.807, 2.05) is 0 Å². The summed E-state index contributed by atoms with van der Waals surface area (Å²) in [4.78, 5) is 65.2. The van der Waals surface area contributed by atoms with Gasteiger partial charge < -0.3 is 43.3 Å². The average Bonchev–Trinajstić information content (AvgIpc) is 2.79. The Hall–Kier alpha value is 2.34. The molecule has 0 aromatic carbocycles. The molecule has 5 radical (unpaired) electrons.